The van der Waals surface area contributed by atoms with Gasteiger partial charge in [0.1, 0.15) is 17.3 Å². The number of H-pyrrole nitrogens is 1. The van der Waals surface area contributed by atoms with Gasteiger partial charge in [0.05, 0.1) is 19.6 Å². The van der Waals surface area contributed by atoms with Crippen LogP contribution in [0.5, 0.6) is 11.5 Å². The number of hydrogen-bond acceptors (Lipinski definition) is 4. The molecule has 79 heavy (non-hydrogen) atoms. The average Bonchev–Trinajstić information content (AvgIpc) is 3.85. The molecule has 1 aliphatic carbocycles. The summed E-state index contributed by atoms with van der Waals surface area (Å²) in [6.45, 7) is 56.2. The first-order valence-electron chi connectivity index (χ1n) is 28.8. The normalized spacial score (nSPS) is 13.6. The predicted octanol–water partition coefficient (Wildman–Crippen LogP) is 19.8. The largest absolute Gasteiger partial charge is 0.496 e. The standard InChI is InChI=1S/C45H58O2.C22H29N.C7H10N2/c1-27-17-19-31-32-20-18-28(2)22-34(32)45(33(31)21-27,29-23-35(41(3,4)5)39(46-15)36(24-29)42(6,7)8)30-25-37(43(9,10)11)40(47-16)38(26-30)44(12,13)14;1-13-9-19-15(11-17(13)21(3,4)5)16-12-18(22(6,7)8)14(2)10-20(16)23-19;1-5-4-8-7(3)9-6(5)2/h17-26H,1-16H3;9-12,23H,1-8H3;4H,1-3H3. The lowest BCUT2D eigenvalue weighted by atomic mass is 9.63. The number of benzene rings is 6. The van der Waals surface area contributed by atoms with Crippen LogP contribution in [-0.2, 0) is 37.9 Å². The third-order valence-corrected chi connectivity index (χ3v) is 16.4. The fourth-order valence-corrected chi connectivity index (χ4v) is 12.2. The van der Waals surface area contributed by atoms with E-state index in [9.17, 15) is 0 Å². The molecule has 0 saturated heterocycles. The number of rotatable bonds is 4. The van der Waals surface area contributed by atoms with Gasteiger partial charge in [-0.2, -0.15) is 0 Å². The highest BCUT2D eigenvalue weighted by Crippen LogP contribution is 2.59. The van der Waals surface area contributed by atoms with Crippen molar-refractivity contribution in [2.45, 2.75) is 211 Å². The van der Waals surface area contributed by atoms with E-state index in [0.717, 1.165) is 28.6 Å². The van der Waals surface area contributed by atoms with Gasteiger partial charge in [0.2, 0.25) is 0 Å². The van der Waals surface area contributed by atoms with Crippen molar-refractivity contribution in [1.82, 2.24) is 15.0 Å². The third kappa shape index (κ3) is 11.7. The van der Waals surface area contributed by atoms with Crippen LogP contribution in [0, 0.1) is 48.5 Å². The molecule has 420 valence electrons. The van der Waals surface area contributed by atoms with Crippen molar-refractivity contribution in [3.63, 3.8) is 0 Å². The Kier molecular flexibility index (Phi) is 16.1. The maximum atomic E-state index is 6.30. The number of aryl methyl sites for hydroxylation is 7. The van der Waals surface area contributed by atoms with Crippen LogP contribution in [0.15, 0.2) is 91.1 Å². The first-order chi connectivity index (χ1) is 36.2. The van der Waals surface area contributed by atoms with Crippen molar-refractivity contribution in [1.29, 1.82) is 0 Å². The van der Waals surface area contributed by atoms with E-state index in [1.807, 2.05) is 41.2 Å². The molecule has 5 heteroatoms. The zero-order valence-electron chi connectivity index (χ0n) is 53.9. The number of methoxy groups -OCH3 is 2. The number of hydrogen-bond donors (Lipinski definition) is 1. The van der Waals surface area contributed by atoms with Crippen molar-refractivity contribution in [3.05, 3.63) is 186 Å². The first kappa shape index (κ1) is 60.4. The molecule has 5 nitrogen and oxygen atoms in total. The molecule has 0 bridgehead atoms. The summed E-state index contributed by atoms with van der Waals surface area (Å²) in [6.07, 6.45) is 1.84. The smallest absolute Gasteiger partial charge is 0.126 e. The Bertz CT molecular complexity index is 3310. The van der Waals surface area contributed by atoms with Crippen LogP contribution in [0.4, 0.5) is 0 Å². The monoisotopic (exact) mass is 1060 g/mol. The Morgan fingerprint density at radius 1 is 0.392 bits per heavy atom. The number of aromatic amines is 1. The minimum atomic E-state index is -0.568. The van der Waals surface area contributed by atoms with E-state index in [1.54, 1.807) is 0 Å². The summed E-state index contributed by atoms with van der Waals surface area (Å²) in [6, 6.07) is 33.4. The number of nitrogens with one attached hydrogen (secondary N) is 1. The van der Waals surface area contributed by atoms with E-state index in [1.165, 1.54) is 111 Å². The van der Waals surface area contributed by atoms with Gasteiger partial charge in [0, 0.05) is 56.0 Å². The second kappa shape index (κ2) is 21.0. The van der Waals surface area contributed by atoms with Gasteiger partial charge in [-0.15, -0.1) is 0 Å². The quantitative estimate of drug-likeness (QED) is 0.191. The SMILES string of the molecule is COc1c(C(C)(C)C)cc(C2(c3cc(C(C)(C)C)c(OC)c(C(C)(C)C)c3)c3cc(C)ccc3-c3ccc(C)cc32)cc1C(C)(C)C.Cc1cc2[nH]c3cc(C)c(C(C)(C)C)cc3c2cc1C(C)(C)C.Cc1ncc(C)c(C)n1. The third-order valence-electron chi connectivity index (χ3n) is 16.4. The molecule has 0 aliphatic heterocycles. The van der Waals surface area contributed by atoms with Gasteiger partial charge < -0.3 is 14.5 Å². The molecule has 0 atom stereocenters. The van der Waals surface area contributed by atoms with E-state index >= 15 is 0 Å². The minimum absolute atomic E-state index is 0.140. The second-order valence-corrected chi connectivity index (χ2v) is 29.3. The van der Waals surface area contributed by atoms with E-state index in [4.69, 9.17) is 9.47 Å². The molecule has 0 radical (unpaired) electrons. The van der Waals surface area contributed by atoms with Crippen LogP contribution < -0.4 is 9.47 Å². The summed E-state index contributed by atoms with van der Waals surface area (Å²) < 4.78 is 12.6. The summed E-state index contributed by atoms with van der Waals surface area (Å²) >= 11 is 0. The van der Waals surface area contributed by atoms with Crippen molar-refractivity contribution in [3.8, 4) is 22.6 Å². The molecule has 8 aromatic rings. The lowest BCUT2D eigenvalue weighted by Gasteiger charge is -2.40. The van der Waals surface area contributed by atoms with Crippen LogP contribution in [0.25, 0.3) is 32.9 Å². The summed E-state index contributed by atoms with van der Waals surface area (Å²) in [5, 5.41) is 2.70. The highest BCUT2D eigenvalue weighted by Gasteiger charge is 2.49. The van der Waals surface area contributed by atoms with E-state index in [-0.39, 0.29) is 32.5 Å². The predicted molar refractivity (Wildman–Crippen MR) is 340 cm³/mol. The Morgan fingerprint density at radius 3 is 1.00 bits per heavy atom. The molecular formula is C74H97N3O2. The van der Waals surface area contributed by atoms with E-state index < -0.39 is 5.41 Å². The molecule has 0 fully saturated rings. The maximum absolute atomic E-state index is 6.30. The summed E-state index contributed by atoms with van der Waals surface area (Å²) in [5.41, 5.74) is 24.9. The van der Waals surface area contributed by atoms with Crippen molar-refractivity contribution in [2.24, 2.45) is 0 Å². The highest BCUT2D eigenvalue weighted by molar-refractivity contribution is 6.08. The van der Waals surface area contributed by atoms with E-state index in [0.29, 0.717) is 0 Å². The average molecular weight is 1060 g/mol. The van der Waals surface area contributed by atoms with Crippen LogP contribution in [0.2, 0.25) is 0 Å². The van der Waals surface area contributed by atoms with Gasteiger partial charge in [-0.05, 0) is 191 Å². The van der Waals surface area contributed by atoms with Crippen molar-refractivity contribution >= 4 is 21.8 Å². The molecule has 0 unspecified atom stereocenters. The molecule has 2 heterocycles. The Hall–Kier alpha value is -6.20. The van der Waals surface area contributed by atoms with Crippen LogP contribution in [0.3, 0.4) is 0 Å². The Balaban J connectivity index is 0.000000230. The lowest BCUT2D eigenvalue weighted by Crippen LogP contribution is -2.32. The van der Waals surface area contributed by atoms with Gasteiger partial charge in [-0.1, -0.05) is 172 Å². The molecule has 6 aromatic carbocycles. The molecular weight excluding hydrogens is 963 g/mol. The van der Waals surface area contributed by atoms with Crippen LogP contribution in [0.1, 0.15) is 220 Å². The van der Waals surface area contributed by atoms with Gasteiger partial charge >= 0.3 is 0 Å². The van der Waals surface area contributed by atoms with Crippen molar-refractivity contribution < 1.29 is 9.47 Å². The number of fused-ring (bicyclic) bond motifs is 6. The molecule has 1 aliphatic rings. The van der Waals surface area contributed by atoms with Gasteiger partial charge in [-0.25, -0.2) is 9.97 Å². The molecule has 0 saturated carbocycles. The zero-order chi connectivity index (χ0) is 59.1. The molecule has 2 aromatic heterocycles. The van der Waals surface area contributed by atoms with Crippen LogP contribution in [-0.4, -0.2) is 29.2 Å². The first-order valence-corrected chi connectivity index (χ1v) is 28.8. The summed E-state index contributed by atoms with van der Waals surface area (Å²) in [7, 11) is 3.66. The minimum Gasteiger partial charge on any atom is -0.496 e. The second-order valence-electron chi connectivity index (χ2n) is 29.3. The molecule has 9 rings (SSSR count). The molecule has 1 N–H and O–H groups in total. The molecule has 0 amide bonds. The van der Waals surface area contributed by atoms with Gasteiger partial charge in [0.25, 0.3) is 0 Å². The number of nitrogens with zero attached hydrogens (tertiary/aromatic N) is 2. The molecule has 0 spiro atoms. The van der Waals surface area contributed by atoms with Gasteiger partial charge in [-0.3, -0.25) is 0 Å². The highest BCUT2D eigenvalue weighted by atomic mass is 16.5. The summed E-state index contributed by atoms with van der Waals surface area (Å²) in [4.78, 5) is 11.8. The Morgan fingerprint density at radius 2 is 0.722 bits per heavy atom. The fourth-order valence-electron chi connectivity index (χ4n) is 12.2. The van der Waals surface area contributed by atoms with Crippen molar-refractivity contribution in [2.75, 3.05) is 14.2 Å². The zero-order valence-corrected chi connectivity index (χ0v) is 53.9. The fraction of sp³-hybridized carbons (Fsp3) is 0.459. The Labute approximate surface area is 477 Å². The van der Waals surface area contributed by atoms with Crippen LogP contribution >= 0.6 is 0 Å². The van der Waals surface area contributed by atoms with E-state index in [2.05, 4.69) is 252 Å². The maximum Gasteiger partial charge on any atom is 0.126 e. The number of aromatic nitrogens is 3. The van der Waals surface area contributed by atoms with Gasteiger partial charge in [0.15, 0.2) is 0 Å². The topological polar surface area (TPSA) is 60.0 Å². The number of ether oxygens (including phenoxy) is 2. The summed E-state index contributed by atoms with van der Waals surface area (Å²) in [5.74, 6) is 2.84. The lowest BCUT2D eigenvalue weighted by molar-refractivity contribution is 0.380.